The van der Waals surface area contributed by atoms with Crippen molar-refractivity contribution in [2.45, 2.75) is 64.8 Å². The third-order valence-corrected chi connectivity index (χ3v) is 6.85. The van der Waals surface area contributed by atoms with E-state index in [1.807, 2.05) is 0 Å². The molecule has 0 spiro atoms. The molecule has 5 heteroatoms. The van der Waals surface area contributed by atoms with Gasteiger partial charge in [0.25, 0.3) is 0 Å². The number of rotatable bonds is 8. The summed E-state index contributed by atoms with van der Waals surface area (Å²) < 4.78 is 0. The SMILES string of the molecule is CCCC(CCO)CN=C(NCC)N1CCN(C2CC3CCC2C3)CC1. The predicted octanol–water partition coefficient (Wildman–Crippen LogP) is 2.56. The highest BCUT2D eigenvalue weighted by Gasteiger charge is 2.42. The van der Waals surface area contributed by atoms with Crippen LogP contribution in [0.5, 0.6) is 0 Å². The van der Waals surface area contributed by atoms with E-state index in [0.717, 1.165) is 62.9 Å². The fraction of sp³-hybridized carbons (Fsp3) is 0.952. The molecule has 3 aliphatic rings. The Morgan fingerprint density at radius 1 is 1.12 bits per heavy atom. The molecule has 0 amide bonds. The van der Waals surface area contributed by atoms with Gasteiger partial charge in [-0.2, -0.15) is 0 Å². The van der Waals surface area contributed by atoms with Crippen LogP contribution in [-0.2, 0) is 0 Å². The topological polar surface area (TPSA) is 51.1 Å². The van der Waals surface area contributed by atoms with E-state index in [-0.39, 0.29) is 6.61 Å². The molecule has 5 nitrogen and oxygen atoms in total. The van der Waals surface area contributed by atoms with Crippen molar-refractivity contribution in [1.82, 2.24) is 15.1 Å². The molecular formula is C21H40N4O. The lowest BCUT2D eigenvalue weighted by Crippen LogP contribution is -2.55. The van der Waals surface area contributed by atoms with Gasteiger partial charge in [0.1, 0.15) is 0 Å². The summed E-state index contributed by atoms with van der Waals surface area (Å²) in [6, 6.07) is 0.869. The number of aliphatic hydroxyl groups excluding tert-OH is 1. The molecule has 3 rings (SSSR count). The van der Waals surface area contributed by atoms with Crippen LogP contribution in [0.2, 0.25) is 0 Å². The van der Waals surface area contributed by atoms with Gasteiger partial charge in [-0.25, -0.2) is 0 Å². The number of nitrogens with zero attached hydrogens (tertiary/aromatic N) is 3. The zero-order chi connectivity index (χ0) is 18.4. The second-order valence-electron chi connectivity index (χ2n) is 8.63. The third kappa shape index (κ3) is 4.92. The van der Waals surface area contributed by atoms with Gasteiger partial charge in [0.05, 0.1) is 0 Å². The van der Waals surface area contributed by atoms with Crippen molar-refractivity contribution in [2.75, 3.05) is 45.9 Å². The molecule has 2 aliphatic carbocycles. The molecule has 0 aromatic rings. The highest BCUT2D eigenvalue weighted by atomic mass is 16.3. The normalized spacial score (nSPS) is 30.8. The quantitative estimate of drug-likeness (QED) is 0.513. The van der Waals surface area contributed by atoms with E-state index in [1.165, 1.54) is 45.2 Å². The smallest absolute Gasteiger partial charge is 0.194 e. The highest BCUT2D eigenvalue weighted by molar-refractivity contribution is 5.80. The first-order valence-corrected chi connectivity index (χ1v) is 11.1. The summed E-state index contributed by atoms with van der Waals surface area (Å²) in [5, 5.41) is 12.8. The van der Waals surface area contributed by atoms with Crippen LogP contribution in [0.3, 0.4) is 0 Å². The van der Waals surface area contributed by atoms with Crippen molar-refractivity contribution in [3.8, 4) is 0 Å². The van der Waals surface area contributed by atoms with Crippen LogP contribution in [-0.4, -0.2) is 72.8 Å². The van der Waals surface area contributed by atoms with Gasteiger partial charge in [-0.15, -0.1) is 0 Å². The first kappa shape index (κ1) is 19.9. The number of fused-ring (bicyclic) bond motifs is 2. The van der Waals surface area contributed by atoms with Crippen LogP contribution in [0.4, 0.5) is 0 Å². The molecular weight excluding hydrogens is 324 g/mol. The standard InChI is InChI=1S/C21H40N4O/c1-3-5-17(8-13-26)16-23-21(22-4-2)25-11-9-24(10-12-25)20-15-18-6-7-19(20)14-18/h17-20,26H,3-16H2,1-2H3,(H,22,23). The molecule has 150 valence electrons. The average Bonchev–Trinajstić information content (AvgIpc) is 3.29. The van der Waals surface area contributed by atoms with Gasteiger partial charge in [0, 0.05) is 51.9 Å². The fourth-order valence-corrected chi connectivity index (χ4v) is 5.48. The van der Waals surface area contributed by atoms with Crippen LogP contribution in [0.25, 0.3) is 0 Å². The van der Waals surface area contributed by atoms with Crippen molar-refractivity contribution < 1.29 is 5.11 Å². The van der Waals surface area contributed by atoms with E-state index in [4.69, 9.17) is 4.99 Å². The lowest BCUT2D eigenvalue weighted by Gasteiger charge is -2.42. The van der Waals surface area contributed by atoms with Crippen LogP contribution >= 0.6 is 0 Å². The largest absolute Gasteiger partial charge is 0.396 e. The van der Waals surface area contributed by atoms with Gasteiger partial charge in [0.15, 0.2) is 5.96 Å². The number of piperazine rings is 1. The molecule has 3 fully saturated rings. The number of aliphatic hydroxyl groups is 1. The lowest BCUT2D eigenvalue weighted by atomic mass is 9.93. The number of hydrogen-bond acceptors (Lipinski definition) is 3. The Morgan fingerprint density at radius 3 is 2.50 bits per heavy atom. The molecule has 0 aromatic heterocycles. The number of nitrogens with one attached hydrogen (secondary N) is 1. The van der Waals surface area contributed by atoms with Gasteiger partial charge < -0.3 is 15.3 Å². The van der Waals surface area contributed by atoms with E-state index in [9.17, 15) is 5.11 Å². The van der Waals surface area contributed by atoms with E-state index >= 15 is 0 Å². The van der Waals surface area contributed by atoms with Crippen molar-refractivity contribution in [2.24, 2.45) is 22.7 Å². The summed E-state index contributed by atoms with van der Waals surface area (Å²) in [5.74, 6) is 3.61. The molecule has 2 saturated carbocycles. The Morgan fingerprint density at radius 2 is 1.92 bits per heavy atom. The number of hydrogen-bond donors (Lipinski definition) is 2. The zero-order valence-electron chi connectivity index (χ0n) is 17.0. The maximum absolute atomic E-state index is 9.28. The summed E-state index contributed by atoms with van der Waals surface area (Å²) in [6.07, 6.45) is 9.11. The van der Waals surface area contributed by atoms with Gasteiger partial charge in [-0.1, -0.05) is 19.8 Å². The number of guanidine groups is 1. The summed E-state index contributed by atoms with van der Waals surface area (Å²) >= 11 is 0. The Hall–Kier alpha value is -0.810. The van der Waals surface area contributed by atoms with Crippen molar-refractivity contribution in [3.63, 3.8) is 0 Å². The van der Waals surface area contributed by atoms with Gasteiger partial charge >= 0.3 is 0 Å². The monoisotopic (exact) mass is 364 g/mol. The summed E-state index contributed by atoms with van der Waals surface area (Å²) in [5.41, 5.74) is 0. The van der Waals surface area contributed by atoms with Crippen LogP contribution in [0, 0.1) is 17.8 Å². The minimum atomic E-state index is 0.277. The van der Waals surface area contributed by atoms with Crippen molar-refractivity contribution in [1.29, 1.82) is 0 Å². The maximum Gasteiger partial charge on any atom is 0.194 e. The molecule has 1 saturated heterocycles. The number of aliphatic imine (C=N–C) groups is 1. The Bertz CT molecular complexity index is 441. The molecule has 0 radical (unpaired) electrons. The molecule has 4 unspecified atom stereocenters. The predicted molar refractivity (Wildman–Crippen MR) is 108 cm³/mol. The summed E-state index contributed by atoms with van der Waals surface area (Å²) in [6.45, 7) is 11.0. The van der Waals surface area contributed by atoms with Crippen LogP contribution < -0.4 is 5.32 Å². The average molecular weight is 365 g/mol. The molecule has 2 N–H and O–H groups in total. The molecule has 26 heavy (non-hydrogen) atoms. The minimum absolute atomic E-state index is 0.277. The van der Waals surface area contributed by atoms with Crippen molar-refractivity contribution >= 4 is 5.96 Å². The van der Waals surface area contributed by atoms with Crippen LogP contribution in [0.1, 0.15) is 58.8 Å². The lowest BCUT2D eigenvalue weighted by molar-refractivity contribution is 0.0958. The summed E-state index contributed by atoms with van der Waals surface area (Å²) in [7, 11) is 0. The minimum Gasteiger partial charge on any atom is -0.396 e. The Kier molecular flexibility index (Phi) is 7.62. The Labute approximate surface area is 160 Å². The molecule has 0 aromatic carbocycles. The second kappa shape index (κ2) is 9.93. The van der Waals surface area contributed by atoms with E-state index in [1.54, 1.807) is 0 Å². The fourth-order valence-electron chi connectivity index (χ4n) is 5.48. The van der Waals surface area contributed by atoms with Gasteiger partial charge in [-0.3, -0.25) is 9.89 Å². The maximum atomic E-state index is 9.28. The van der Waals surface area contributed by atoms with E-state index < -0.39 is 0 Å². The van der Waals surface area contributed by atoms with Crippen LogP contribution in [0.15, 0.2) is 4.99 Å². The van der Waals surface area contributed by atoms with Gasteiger partial charge in [-0.05, 0) is 56.8 Å². The van der Waals surface area contributed by atoms with E-state index in [2.05, 4.69) is 29.0 Å². The first-order chi connectivity index (χ1) is 12.7. The van der Waals surface area contributed by atoms with Crippen molar-refractivity contribution in [3.05, 3.63) is 0 Å². The molecule has 2 bridgehead atoms. The molecule has 1 heterocycles. The van der Waals surface area contributed by atoms with Gasteiger partial charge in [0.2, 0.25) is 0 Å². The highest BCUT2D eigenvalue weighted by Crippen LogP contribution is 2.46. The molecule has 1 aliphatic heterocycles. The second-order valence-corrected chi connectivity index (χ2v) is 8.63. The third-order valence-electron chi connectivity index (χ3n) is 6.85. The first-order valence-electron chi connectivity index (χ1n) is 11.1. The molecule has 4 atom stereocenters. The summed E-state index contributed by atoms with van der Waals surface area (Å²) in [4.78, 5) is 10.2. The van der Waals surface area contributed by atoms with E-state index in [0.29, 0.717) is 5.92 Å². The Balaban J connectivity index is 1.51. The zero-order valence-corrected chi connectivity index (χ0v) is 17.0.